The van der Waals surface area contributed by atoms with E-state index in [1.54, 1.807) is 13.0 Å². The number of benzene rings is 1. The number of halogens is 3. The zero-order valence-corrected chi connectivity index (χ0v) is 13.0. The van der Waals surface area contributed by atoms with Crippen LogP contribution >= 0.6 is 11.6 Å². The number of fused-ring (bicyclic) bond motifs is 1. The van der Waals surface area contributed by atoms with E-state index in [0.29, 0.717) is 11.3 Å². The van der Waals surface area contributed by atoms with Gasteiger partial charge in [-0.05, 0) is 25.1 Å². The summed E-state index contributed by atoms with van der Waals surface area (Å²) >= 11 is 6.12. The number of alkyl halides is 2. The Morgan fingerprint density at radius 3 is 2.79 bits per heavy atom. The van der Waals surface area contributed by atoms with E-state index in [0.717, 1.165) is 4.52 Å². The van der Waals surface area contributed by atoms with E-state index in [4.69, 9.17) is 11.6 Å². The van der Waals surface area contributed by atoms with Crippen LogP contribution in [0.3, 0.4) is 0 Å². The molecule has 0 fully saturated rings. The minimum absolute atomic E-state index is 0.0585. The van der Waals surface area contributed by atoms with Crippen LogP contribution in [0.2, 0.25) is 5.02 Å². The number of hydrogen-bond donors (Lipinski definition) is 1. The molecule has 0 saturated heterocycles. The number of carbonyl (C=O) groups is 1. The van der Waals surface area contributed by atoms with Gasteiger partial charge in [-0.15, -0.1) is 0 Å². The zero-order chi connectivity index (χ0) is 17.4. The standard InChI is InChI=1S/C15H10ClF2N3O3/c1-7-12(16)13-19-10(6-11(14(22)23)21(13)20-7)8-3-2-4-9(5-8)24-15(17)18/h2-6,15H,1H3,(H,22,23). The van der Waals surface area contributed by atoms with Crippen LogP contribution in [0.15, 0.2) is 30.3 Å². The van der Waals surface area contributed by atoms with Gasteiger partial charge in [0.1, 0.15) is 10.8 Å². The lowest BCUT2D eigenvalue weighted by Crippen LogP contribution is -2.08. The van der Waals surface area contributed by atoms with E-state index >= 15 is 0 Å². The molecule has 2 heterocycles. The van der Waals surface area contributed by atoms with E-state index in [-0.39, 0.29) is 27.8 Å². The van der Waals surface area contributed by atoms with Gasteiger partial charge in [0.05, 0.1) is 11.4 Å². The molecule has 1 aromatic carbocycles. The summed E-state index contributed by atoms with van der Waals surface area (Å²) in [6.45, 7) is -1.34. The molecular formula is C15H10ClF2N3O3. The van der Waals surface area contributed by atoms with E-state index in [9.17, 15) is 18.7 Å². The second kappa shape index (κ2) is 6.04. The first-order chi connectivity index (χ1) is 11.4. The highest BCUT2D eigenvalue weighted by Crippen LogP contribution is 2.28. The van der Waals surface area contributed by atoms with Crippen LogP contribution in [-0.4, -0.2) is 32.3 Å². The lowest BCUT2D eigenvalue weighted by molar-refractivity contribution is -0.0498. The Kier molecular flexibility index (Phi) is 4.06. The molecule has 0 atom stereocenters. The summed E-state index contributed by atoms with van der Waals surface area (Å²) in [6.07, 6.45) is 0. The topological polar surface area (TPSA) is 76.7 Å². The largest absolute Gasteiger partial charge is 0.477 e. The monoisotopic (exact) mass is 353 g/mol. The fraction of sp³-hybridized carbons (Fsp3) is 0.133. The molecule has 3 rings (SSSR count). The van der Waals surface area contributed by atoms with Crippen molar-refractivity contribution in [2.75, 3.05) is 0 Å². The van der Waals surface area contributed by atoms with Crippen LogP contribution in [0.1, 0.15) is 16.2 Å². The Bertz CT molecular complexity index is 943. The lowest BCUT2D eigenvalue weighted by atomic mass is 10.1. The van der Waals surface area contributed by atoms with Crippen molar-refractivity contribution in [3.63, 3.8) is 0 Å². The maximum absolute atomic E-state index is 12.3. The molecule has 9 heteroatoms. The molecule has 1 N–H and O–H groups in total. The summed E-state index contributed by atoms with van der Waals surface area (Å²) < 4.78 is 30.2. The second-order valence-electron chi connectivity index (χ2n) is 4.87. The third-order valence-electron chi connectivity index (χ3n) is 3.27. The van der Waals surface area contributed by atoms with Crippen molar-refractivity contribution >= 4 is 23.2 Å². The van der Waals surface area contributed by atoms with Crippen molar-refractivity contribution in [3.05, 3.63) is 46.7 Å². The van der Waals surface area contributed by atoms with Crippen molar-refractivity contribution in [1.29, 1.82) is 0 Å². The van der Waals surface area contributed by atoms with Crippen LogP contribution in [0, 0.1) is 6.92 Å². The van der Waals surface area contributed by atoms with Gasteiger partial charge in [0, 0.05) is 5.56 Å². The number of hydrogen-bond acceptors (Lipinski definition) is 4. The molecule has 0 saturated carbocycles. The first-order valence-corrected chi connectivity index (χ1v) is 7.09. The lowest BCUT2D eigenvalue weighted by Gasteiger charge is -2.08. The number of nitrogens with zero attached hydrogens (tertiary/aromatic N) is 3. The van der Waals surface area contributed by atoms with Gasteiger partial charge in [-0.1, -0.05) is 23.7 Å². The molecule has 0 spiro atoms. The summed E-state index contributed by atoms with van der Waals surface area (Å²) in [5.41, 5.74) is 1.11. The number of rotatable bonds is 4. The van der Waals surface area contributed by atoms with Crippen molar-refractivity contribution in [1.82, 2.24) is 14.6 Å². The molecule has 0 radical (unpaired) electrons. The quantitative estimate of drug-likeness (QED) is 0.774. The third-order valence-corrected chi connectivity index (χ3v) is 3.71. The van der Waals surface area contributed by atoms with Gasteiger partial charge in [-0.2, -0.15) is 13.9 Å². The smallest absolute Gasteiger partial charge is 0.387 e. The Morgan fingerprint density at radius 2 is 2.12 bits per heavy atom. The Morgan fingerprint density at radius 1 is 1.38 bits per heavy atom. The molecule has 0 aliphatic rings. The van der Waals surface area contributed by atoms with Crippen LogP contribution < -0.4 is 4.74 Å². The van der Waals surface area contributed by atoms with Crippen molar-refractivity contribution in [2.45, 2.75) is 13.5 Å². The Hall–Kier alpha value is -2.74. The molecule has 0 bridgehead atoms. The van der Waals surface area contributed by atoms with Crippen LogP contribution in [0.4, 0.5) is 8.78 Å². The number of carboxylic acids is 1. The van der Waals surface area contributed by atoms with Crippen molar-refractivity contribution < 1.29 is 23.4 Å². The van der Waals surface area contributed by atoms with Crippen LogP contribution in [-0.2, 0) is 0 Å². The first-order valence-electron chi connectivity index (χ1n) is 6.71. The van der Waals surface area contributed by atoms with E-state index in [1.807, 2.05) is 0 Å². The molecule has 0 aliphatic carbocycles. The summed E-state index contributed by atoms with van der Waals surface area (Å²) in [5.74, 6) is -1.28. The van der Waals surface area contributed by atoms with E-state index in [2.05, 4.69) is 14.8 Å². The third kappa shape index (κ3) is 2.88. The molecule has 0 unspecified atom stereocenters. The van der Waals surface area contributed by atoms with Gasteiger partial charge in [-0.25, -0.2) is 14.3 Å². The summed E-state index contributed by atoms with van der Waals surface area (Å²) in [6, 6.07) is 7.10. The average molecular weight is 354 g/mol. The summed E-state index contributed by atoms with van der Waals surface area (Å²) in [7, 11) is 0. The SMILES string of the molecule is Cc1nn2c(C(=O)O)cc(-c3cccc(OC(F)F)c3)nc2c1Cl. The first kappa shape index (κ1) is 16.1. The zero-order valence-electron chi connectivity index (χ0n) is 12.2. The molecule has 0 amide bonds. The summed E-state index contributed by atoms with van der Waals surface area (Å²) in [5, 5.41) is 13.6. The maximum Gasteiger partial charge on any atom is 0.387 e. The molecule has 24 heavy (non-hydrogen) atoms. The van der Waals surface area contributed by atoms with Gasteiger partial charge in [-0.3, -0.25) is 0 Å². The van der Waals surface area contributed by atoms with Gasteiger partial charge >= 0.3 is 12.6 Å². The number of aromatic carboxylic acids is 1. The summed E-state index contributed by atoms with van der Waals surface area (Å²) in [4.78, 5) is 15.8. The molecular weight excluding hydrogens is 344 g/mol. The number of aromatic nitrogens is 3. The van der Waals surface area contributed by atoms with Crippen LogP contribution in [0.5, 0.6) is 5.75 Å². The van der Waals surface area contributed by atoms with Gasteiger partial charge in [0.15, 0.2) is 11.3 Å². The fourth-order valence-corrected chi connectivity index (χ4v) is 2.39. The van der Waals surface area contributed by atoms with Gasteiger partial charge in [0.25, 0.3) is 0 Å². The Labute approximate surface area is 139 Å². The predicted octanol–water partition coefficient (Wildman–Crippen LogP) is 3.66. The number of aryl methyl sites for hydroxylation is 1. The molecule has 124 valence electrons. The van der Waals surface area contributed by atoms with Gasteiger partial charge < -0.3 is 9.84 Å². The highest BCUT2D eigenvalue weighted by Gasteiger charge is 2.18. The Balaban J connectivity index is 2.20. The highest BCUT2D eigenvalue weighted by molar-refractivity contribution is 6.34. The van der Waals surface area contributed by atoms with E-state index < -0.39 is 12.6 Å². The highest BCUT2D eigenvalue weighted by atomic mass is 35.5. The molecule has 6 nitrogen and oxygen atoms in total. The molecule has 3 aromatic rings. The van der Waals surface area contributed by atoms with E-state index in [1.165, 1.54) is 24.3 Å². The molecule has 2 aromatic heterocycles. The number of ether oxygens (including phenoxy) is 1. The van der Waals surface area contributed by atoms with Crippen molar-refractivity contribution in [2.24, 2.45) is 0 Å². The van der Waals surface area contributed by atoms with Crippen LogP contribution in [0.25, 0.3) is 16.9 Å². The minimum atomic E-state index is -2.96. The predicted molar refractivity (Wildman–Crippen MR) is 81.8 cm³/mol. The number of carboxylic acid groups (broad SMARTS) is 1. The van der Waals surface area contributed by atoms with Crippen molar-refractivity contribution in [3.8, 4) is 17.0 Å². The van der Waals surface area contributed by atoms with Gasteiger partial charge in [0.2, 0.25) is 0 Å². The minimum Gasteiger partial charge on any atom is -0.477 e. The second-order valence-corrected chi connectivity index (χ2v) is 5.25. The maximum atomic E-state index is 12.3. The normalized spacial score (nSPS) is 11.2. The average Bonchev–Trinajstić information content (AvgIpc) is 2.81. The fourth-order valence-electron chi connectivity index (χ4n) is 2.23. The molecule has 0 aliphatic heterocycles.